The maximum atomic E-state index is 14.0. The fraction of sp³-hybridized carbons (Fsp3) is 0.400. The molecule has 40 heavy (non-hydrogen) atoms. The number of benzene rings is 2. The van der Waals surface area contributed by atoms with Crippen molar-refractivity contribution in [2.45, 2.75) is 11.8 Å². The molecule has 214 valence electrons. The zero-order valence-electron chi connectivity index (χ0n) is 23.5. The molecule has 0 atom stereocenters. The molecular weight excluding hydrogens is 528 g/mol. The predicted molar refractivity (Wildman–Crippen MR) is 157 cm³/mol. The molecule has 0 saturated carbocycles. The van der Waals surface area contributed by atoms with E-state index in [4.69, 9.17) is 9.47 Å². The molecule has 1 aliphatic heterocycles. The van der Waals surface area contributed by atoms with E-state index in [1.807, 2.05) is 32.2 Å². The zero-order chi connectivity index (χ0) is 28.5. The van der Waals surface area contributed by atoms with E-state index in [-0.39, 0.29) is 5.97 Å². The summed E-state index contributed by atoms with van der Waals surface area (Å²) in [5, 5.41) is 1.48. The lowest BCUT2D eigenvalue weighted by molar-refractivity contribution is 0.0361. The molecule has 1 fully saturated rings. The van der Waals surface area contributed by atoms with E-state index in [1.54, 1.807) is 47.0 Å². The standard InChI is InChI=1S/C30H38N4O5S/c1-24(21-25-7-9-26(10-8-25)30(35)38-3)23-32(2)13-15-34(16-14-33-17-19-39-20-18-33)40(36,37)29-6-4-5-27-22-31-12-11-28(27)29/h4-12,21-22H,13-20,23H2,1-3H3. The van der Waals surface area contributed by atoms with Crippen molar-refractivity contribution in [2.75, 3.05) is 73.2 Å². The Bertz CT molecular complexity index is 1410. The Balaban J connectivity index is 1.46. The summed E-state index contributed by atoms with van der Waals surface area (Å²) in [4.78, 5) is 20.5. The SMILES string of the molecule is COC(=O)c1ccc(C=C(C)CN(C)CCN(CCN2CCOCC2)S(=O)(=O)c2cccc3cnccc23)cc1. The second-order valence-electron chi connectivity index (χ2n) is 10.1. The number of hydrogen-bond donors (Lipinski definition) is 0. The van der Waals surface area contributed by atoms with Gasteiger partial charge in [-0.3, -0.25) is 9.88 Å². The van der Waals surface area contributed by atoms with Crippen LogP contribution in [0.3, 0.4) is 0 Å². The second-order valence-corrected chi connectivity index (χ2v) is 12.0. The van der Waals surface area contributed by atoms with Gasteiger partial charge >= 0.3 is 5.97 Å². The summed E-state index contributed by atoms with van der Waals surface area (Å²) in [6.45, 7) is 7.66. The van der Waals surface area contributed by atoms with Crippen LogP contribution >= 0.6 is 0 Å². The number of aromatic nitrogens is 1. The lowest BCUT2D eigenvalue weighted by atomic mass is 10.1. The van der Waals surface area contributed by atoms with Crippen molar-refractivity contribution >= 4 is 32.8 Å². The molecule has 10 heteroatoms. The van der Waals surface area contributed by atoms with Gasteiger partial charge in [0.1, 0.15) is 0 Å². The number of likely N-dealkylation sites (N-methyl/N-ethyl adjacent to an activating group) is 1. The topological polar surface area (TPSA) is 92.3 Å². The highest BCUT2D eigenvalue weighted by Gasteiger charge is 2.27. The molecule has 1 aromatic heterocycles. The van der Waals surface area contributed by atoms with Crippen LogP contribution in [-0.4, -0.2) is 107 Å². The van der Waals surface area contributed by atoms with Gasteiger partial charge in [-0.25, -0.2) is 13.2 Å². The number of morpholine rings is 1. The largest absolute Gasteiger partial charge is 0.465 e. The molecule has 0 spiro atoms. The number of sulfonamides is 1. The summed E-state index contributed by atoms with van der Waals surface area (Å²) in [5.41, 5.74) is 2.62. The van der Waals surface area contributed by atoms with Gasteiger partial charge in [-0.1, -0.05) is 35.9 Å². The highest BCUT2D eigenvalue weighted by atomic mass is 32.2. The summed E-state index contributed by atoms with van der Waals surface area (Å²) < 4.78 is 39.8. The Morgan fingerprint density at radius 2 is 1.82 bits per heavy atom. The molecule has 3 aromatic rings. The maximum absolute atomic E-state index is 14.0. The number of pyridine rings is 1. The number of esters is 1. The van der Waals surface area contributed by atoms with Crippen LogP contribution in [0.1, 0.15) is 22.8 Å². The van der Waals surface area contributed by atoms with Crippen molar-refractivity contribution in [1.29, 1.82) is 0 Å². The van der Waals surface area contributed by atoms with Gasteiger partial charge in [0.25, 0.3) is 0 Å². The smallest absolute Gasteiger partial charge is 0.337 e. The number of nitrogens with zero attached hydrogens (tertiary/aromatic N) is 4. The highest BCUT2D eigenvalue weighted by Crippen LogP contribution is 2.25. The molecule has 0 N–H and O–H groups in total. The van der Waals surface area contributed by atoms with Crippen LogP contribution in [-0.2, 0) is 19.5 Å². The first kappa shape index (κ1) is 29.8. The number of ether oxygens (including phenoxy) is 2. The first-order valence-corrected chi connectivity index (χ1v) is 14.9. The summed E-state index contributed by atoms with van der Waals surface area (Å²) >= 11 is 0. The van der Waals surface area contributed by atoms with Crippen LogP contribution in [0.4, 0.5) is 0 Å². The van der Waals surface area contributed by atoms with Gasteiger partial charge < -0.3 is 14.4 Å². The second kappa shape index (κ2) is 14.0. The van der Waals surface area contributed by atoms with Gasteiger partial charge in [0.05, 0.1) is 30.8 Å². The van der Waals surface area contributed by atoms with E-state index in [0.717, 1.165) is 29.6 Å². The van der Waals surface area contributed by atoms with Crippen LogP contribution in [0.25, 0.3) is 16.8 Å². The monoisotopic (exact) mass is 566 g/mol. The van der Waals surface area contributed by atoms with Gasteiger partial charge in [-0.15, -0.1) is 0 Å². The van der Waals surface area contributed by atoms with E-state index < -0.39 is 10.0 Å². The fourth-order valence-electron chi connectivity index (χ4n) is 4.84. The molecule has 1 saturated heterocycles. The van der Waals surface area contributed by atoms with Gasteiger partial charge in [-0.05, 0) is 43.8 Å². The predicted octanol–water partition coefficient (Wildman–Crippen LogP) is 3.38. The molecule has 4 rings (SSSR count). The fourth-order valence-corrected chi connectivity index (χ4v) is 6.47. The van der Waals surface area contributed by atoms with E-state index in [1.165, 1.54) is 7.11 Å². The number of methoxy groups -OCH3 is 1. The Morgan fingerprint density at radius 1 is 1.07 bits per heavy atom. The number of hydrogen-bond acceptors (Lipinski definition) is 8. The molecule has 9 nitrogen and oxygen atoms in total. The number of fused-ring (bicyclic) bond motifs is 1. The molecule has 2 aromatic carbocycles. The minimum atomic E-state index is -3.75. The number of carbonyl (C=O) groups excluding carboxylic acids is 1. The minimum Gasteiger partial charge on any atom is -0.465 e. The quantitative estimate of drug-likeness (QED) is 0.308. The molecular formula is C30H38N4O5S. The molecule has 0 amide bonds. The van der Waals surface area contributed by atoms with Crippen molar-refractivity contribution in [1.82, 2.24) is 19.1 Å². The number of carbonyl (C=O) groups is 1. The molecule has 0 bridgehead atoms. The summed E-state index contributed by atoms with van der Waals surface area (Å²) in [7, 11) is -0.386. The van der Waals surface area contributed by atoms with Crippen LogP contribution in [0.15, 0.2) is 71.4 Å². The van der Waals surface area contributed by atoms with E-state index in [9.17, 15) is 13.2 Å². The molecule has 1 aliphatic rings. The summed E-state index contributed by atoms with van der Waals surface area (Å²) in [6, 6.07) is 14.4. The van der Waals surface area contributed by atoms with E-state index in [2.05, 4.69) is 20.9 Å². The minimum absolute atomic E-state index is 0.309. The van der Waals surface area contributed by atoms with Gasteiger partial charge in [-0.2, -0.15) is 4.31 Å². The molecule has 0 unspecified atom stereocenters. The van der Waals surface area contributed by atoms with Crippen molar-refractivity contribution in [3.8, 4) is 0 Å². The van der Waals surface area contributed by atoms with Gasteiger partial charge in [0.15, 0.2) is 0 Å². The normalized spacial score (nSPS) is 15.2. The lowest BCUT2D eigenvalue weighted by Gasteiger charge is -2.30. The van der Waals surface area contributed by atoms with Crippen LogP contribution in [0.2, 0.25) is 0 Å². The maximum Gasteiger partial charge on any atom is 0.337 e. The van der Waals surface area contributed by atoms with Crippen molar-refractivity contribution < 1.29 is 22.7 Å². The van der Waals surface area contributed by atoms with Crippen LogP contribution < -0.4 is 0 Å². The third-order valence-electron chi connectivity index (χ3n) is 7.02. The lowest BCUT2D eigenvalue weighted by Crippen LogP contribution is -2.45. The first-order chi connectivity index (χ1) is 19.3. The van der Waals surface area contributed by atoms with Crippen LogP contribution in [0.5, 0.6) is 0 Å². The summed E-state index contributed by atoms with van der Waals surface area (Å²) in [6.07, 6.45) is 5.39. The molecule has 0 radical (unpaired) electrons. The average molecular weight is 567 g/mol. The highest BCUT2D eigenvalue weighted by molar-refractivity contribution is 7.89. The van der Waals surface area contributed by atoms with Crippen molar-refractivity contribution in [3.05, 3.63) is 77.6 Å². The molecule has 2 heterocycles. The molecule has 0 aliphatic carbocycles. The van der Waals surface area contributed by atoms with E-state index in [0.29, 0.717) is 61.8 Å². The first-order valence-electron chi connectivity index (χ1n) is 13.4. The van der Waals surface area contributed by atoms with E-state index >= 15 is 0 Å². The Hall–Kier alpha value is -3.15. The van der Waals surface area contributed by atoms with Crippen molar-refractivity contribution in [3.63, 3.8) is 0 Å². The zero-order valence-corrected chi connectivity index (χ0v) is 24.3. The van der Waals surface area contributed by atoms with Crippen LogP contribution in [0, 0.1) is 0 Å². The average Bonchev–Trinajstić information content (AvgIpc) is 2.97. The van der Waals surface area contributed by atoms with Gasteiger partial charge in [0, 0.05) is 69.0 Å². The van der Waals surface area contributed by atoms with Crippen molar-refractivity contribution in [2.24, 2.45) is 0 Å². The third kappa shape index (κ3) is 7.74. The third-order valence-corrected chi connectivity index (χ3v) is 8.98. The Labute approximate surface area is 237 Å². The number of rotatable bonds is 12. The van der Waals surface area contributed by atoms with Gasteiger partial charge in [0.2, 0.25) is 10.0 Å². The Kier molecular flexibility index (Phi) is 10.4. The Morgan fingerprint density at radius 3 is 2.55 bits per heavy atom. The summed E-state index contributed by atoms with van der Waals surface area (Å²) in [5.74, 6) is -0.361.